The number of nitrogens with zero attached hydrogens (tertiary/aromatic N) is 3. The highest BCUT2D eigenvalue weighted by Crippen LogP contribution is 2.31. The second-order valence-corrected chi connectivity index (χ2v) is 8.45. The standard InChI is InChI=1S/C23H30N4O3/c1-13(2)9-15(24)12-30-20-11-19-17(10-18(20)22(28)26(4)5)16-7-8-25-14(3)21(16)23(29)27(19)6/h7-8,10-11,13,15H,9,12,24H2,1-6H3/t15-/m0/s1. The van der Waals surface area contributed by atoms with Crippen molar-refractivity contribution in [2.75, 3.05) is 20.7 Å². The van der Waals surface area contributed by atoms with Crippen LogP contribution in [0.4, 0.5) is 0 Å². The third-order valence-corrected chi connectivity index (χ3v) is 5.27. The van der Waals surface area contributed by atoms with Crippen LogP contribution in [0.15, 0.2) is 29.2 Å². The van der Waals surface area contributed by atoms with E-state index in [-0.39, 0.29) is 17.5 Å². The van der Waals surface area contributed by atoms with E-state index in [4.69, 9.17) is 10.5 Å². The molecular formula is C23H30N4O3. The van der Waals surface area contributed by atoms with Crippen LogP contribution in [0.5, 0.6) is 5.75 Å². The molecule has 1 aromatic carbocycles. The minimum atomic E-state index is -0.169. The Hall–Kier alpha value is -2.93. The first-order valence-electron chi connectivity index (χ1n) is 10.1. The van der Waals surface area contributed by atoms with Gasteiger partial charge in [-0.25, -0.2) is 0 Å². The monoisotopic (exact) mass is 410 g/mol. The minimum absolute atomic E-state index is 0.128. The molecule has 0 radical (unpaired) electrons. The van der Waals surface area contributed by atoms with E-state index in [1.54, 1.807) is 38.0 Å². The smallest absolute Gasteiger partial charge is 0.260 e. The number of fused-ring (bicyclic) bond motifs is 3. The summed E-state index contributed by atoms with van der Waals surface area (Å²) in [5, 5.41) is 2.14. The Morgan fingerprint density at radius 3 is 2.60 bits per heavy atom. The lowest BCUT2D eigenvalue weighted by atomic mass is 10.0. The van der Waals surface area contributed by atoms with Crippen molar-refractivity contribution in [2.24, 2.45) is 18.7 Å². The Morgan fingerprint density at radius 1 is 1.27 bits per heavy atom. The lowest BCUT2D eigenvalue weighted by molar-refractivity contribution is 0.0823. The van der Waals surface area contributed by atoms with Crippen LogP contribution in [-0.2, 0) is 7.05 Å². The molecule has 0 saturated carbocycles. The van der Waals surface area contributed by atoms with Crippen molar-refractivity contribution in [3.63, 3.8) is 0 Å². The fourth-order valence-electron chi connectivity index (χ4n) is 3.80. The Morgan fingerprint density at radius 2 is 1.97 bits per heavy atom. The summed E-state index contributed by atoms with van der Waals surface area (Å²) in [6, 6.07) is 5.25. The average Bonchev–Trinajstić information content (AvgIpc) is 2.68. The van der Waals surface area contributed by atoms with Gasteiger partial charge in [0.15, 0.2) is 0 Å². The summed E-state index contributed by atoms with van der Waals surface area (Å²) in [6.45, 7) is 6.32. The Balaban J connectivity index is 2.24. The van der Waals surface area contributed by atoms with Crippen LogP contribution >= 0.6 is 0 Å². The van der Waals surface area contributed by atoms with Gasteiger partial charge in [0.1, 0.15) is 12.4 Å². The third-order valence-electron chi connectivity index (χ3n) is 5.27. The Kier molecular flexibility index (Phi) is 6.12. The van der Waals surface area contributed by atoms with Crippen LogP contribution in [0.25, 0.3) is 21.7 Å². The van der Waals surface area contributed by atoms with Gasteiger partial charge in [0.2, 0.25) is 0 Å². The number of nitrogens with two attached hydrogens (primary N) is 1. The molecule has 2 aromatic heterocycles. The molecule has 0 fully saturated rings. The van der Waals surface area contributed by atoms with Crippen molar-refractivity contribution in [1.29, 1.82) is 0 Å². The highest BCUT2D eigenvalue weighted by atomic mass is 16.5. The van der Waals surface area contributed by atoms with Gasteiger partial charge < -0.3 is 19.9 Å². The molecule has 30 heavy (non-hydrogen) atoms. The van der Waals surface area contributed by atoms with Crippen molar-refractivity contribution in [3.8, 4) is 5.75 Å². The number of hydrogen-bond donors (Lipinski definition) is 1. The van der Waals surface area contributed by atoms with Gasteiger partial charge in [-0.1, -0.05) is 13.8 Å². The fraction of sp³-hybridized carbons (Fsp3) is 0.435. The van der Waals surface area contributed by atoms with Crippen LogP contribution in [0.1, 0.15) is 36.3 Å². The summed E-state index contributed by atoms with van der Waals surface area (Å²) in [7, 11) is 5.12. The zero-order valence-corrected chi connectivity index (χ0v) is 18.5. The van der Waals surface area contributed by atoms with Gasteiger partial charge in [-0.2, -0.15) is 0 Å². The van der Waals surface area contributed by atoms with Crippen molar-refractivity contribution >= 4 is 27.6 Å². The molecule has 0 unspecified atom stereocenters. The molecule has 2 heterocycles. The van der Waals surface area contributed by atoms with Crippen molar-refractivity contribution in [1.82, 2.24) is 14.5 Å². The fourth-order valence-corrected chi connectivity index (χ4v) is 3.80. The second kappa shape index (κ2) is 8.44. The molecule has 0 saturated heterocycles. The molecule has 3 rings (SSSR count). The number of hydrogen-bond acceptors (Lipinski definition) is 5. The summed E-state index contributed by atoms with van der Waals surface area (Å²) in [5.74, 6) is 0.713. The molecule has 7 nitrogen and oxygen atoms in total. The number of ether oxygens (including phenoxy) is 1. The number of pyridine rings is 2. The predicted molar refractivity (Wildman–Crippen MR) is 120 cm³/mol. The van der Waals surface area contributed by atoms with Crippen molar-refractivity contribution < 1.29 is 9.53 Å². The van der Waals surface area contributed by atoms with Crippen LogP contribution in [0.3, 0.4) is 0 Å². The van der Waals surface area contributed by atoms with Gasteiger partial charge >= 0.3 is 0 Å². The van der Waals surface area contributed by atoms with E-state index in [0.29, 0.717) is 40.4 Å². The van der Waals surface area contributed by atoms with E-state index in [1.807, 2.05) is 19.1 Å². The SMILES string of the molecule is Cc1nccc2c1c(=O)n(C)c1cc(OC[C@@H](N)CC(C)C)c(C(=O)N(C)C)cc21. The molecular weight excluding hydrogens is 380 g/mol. The maximum atomic E-state index is 13.0. The highest BCUT2D eigenvalue weighted by Gasteiger charge is 2.20. The van der Waals surface area contributed by atoms with Crippen molar-refractivity contribution in [2.45, 2.75) is 33.2 Å². The molecule has 0 aliphatic rings. The van der Waals surface area contributed by atoms with E-state index in [2.05, 4.69) is 18.8 Å². The van der Waals surface area contributed by atoms with E-state index in [0.717, 1.165) is 17.2 Å². The summed E-state index contributed by atoms with van der Waals surface area (Å²) < 4.78 is 7.59. The Labute approximate surface area is 176 Å². The molecule has 3 aromatic rings. The lowest BCUT2D eigenvalue weighted by Gasteiger charge is -2.20. The topological polar surface area (TPSA) is 90.5 Å². The van der Waals surface area contributed by atoms with Crippen LogP contribution in [0.2, 0.25) is 0 Å². The number of aryl methyl sites for hydroxylation is 2. The van der Waals surface area contributed by atoms with Gasteiger partial charge in [0, 0.05) is 44.8 Å². The van der Waals surface area contributed by atoms with Crippen LogP contribution < -0.4 is 16.0 Å². The minimum Gasteiger partial charge on any atom is -0.491 e. The van der Waals surface area contributed by atoms with Gasteiger partial charge in [0.25, 0.3) is 11.5 Å². The average molecular weight is 411 g/mol. The summed E-state index contributed by atoms with van der Waals surface area (Å²) in [5.41, 5.74) is 7.86. The normalized spacial score (nSPS) is 12.5. The second-order valence-electron chi connectivity index (χ2n) is 8.45. The molecule has 7 heteroatoms. The maximum absolute atomic E-state index is 13.0. The summed E-state index contributed by atoms with van der Waals surface area (Å²) in [6.07, 6.45) is 2.50. The quantitative estimate of drug-likeness (QED) is 0.631. The number of rotatable bonds is 6. The van der Waals surface area contributed by atoms with Crippen molar-refractivity contribution in [3.05, 3.63) is 46.0 Å². The molecule has 0 aliphatic carbocycles. The molecule has 0 bridgehead atoms. The molecule has 0 spiro atoms. The van der Waals surface area contributed by atoms with E-state index in [1.165, 1.54) is 4.90 Å². The van der Waals surface area contributed by atoms with Crippen LogP contribution in [-0.4, -0.2) is 47.1 Å². The van der Waals surface area contributed by atoms with E-state index >= 15 is 0 Å². The third kappa shape index (κ3) is 4.03. The van der Waals surface area contributed by atoms with Gasteiger partial charge in [-0.15, -0.1) is 0 Å². The number of benzene rings is 1. The first kappa shape index (κ1) is 21.8. The van der Waals surface area contributed by atoms with Gasteiger partial charge in [-0.3, -0.25) is 14.6 Å². The Bertz CT molecular complexity index is 1160. The van der Waals surface area contributed by atoms with Gasteiger partial charge in [-0.05, 0) is 36.8 Å². The zero-order valence-electron chi connectivity index (χ0n) is 18.5. The van der Waals surface area contributed by atoms with Crippen LogP contribution in [0, 0.1) is 12.8 Å². The lowest BCUT2D eigenvalue weighted by Crippen LogP contribution is -2.30. The molecule has 1 amide bonds. The molecule has 2 N–H and O–H groups in total. The predicted octanol–water partition coefficient (Wildman–Crippen LogP) is 2.85. The molecule has 1 atom stereocenters. The molecule has 160 valence electrons. The highest BCUT2D eigenvalue weighted by molar-refractivity contribution is 6.10. The first-order valence-corrected chi connectivity index (χ1v) is 10.1. The first-order chi connectivity index (χ1) is 14.1. The largest absolute Gasteiger partial charge is 0.491 e. The number of carbonyl (C=O) groups excluding carboxylic acids is 1. The number of aromatic nitrogens is 2. The number of amides is 1. The van der Waals surface area contributed by atoms with Gasteiger partial charge in [0.05, 0.1) is 22.2 Å². The maximum Gasteiger partial charge on any atom is 0.260 e. The molecule has 0 aliphatic heterocycles. The van der Waals surface area contributed by atoms with E-state index in [9.17, 15) is 9.59 Å². The van der Waals surface area contributed by atoms with E-state index < -0.39 is 0 Å². The zero-order chi connectivity index (χ0) is 22.2. The summed E-state index contributed by atoms with van der Waals surface area (Å²) >= 11 is 0. The summed E-state index contributed by atoms with van der Waals surface area (Å²) in [4.78, 5) is 31.7. The number of carbonyl (C=O) groups is 1.